The average molecular weight is 437 g/mol. The first-order valence-corrected chi connectivity index (χ1v) is 11.5. The summed E-state index contributed by atoms with van der Waals surface area (Å²) >= 11 is 0. The van der Waals surface area contributed by atoms with Crippen molar-refractivity contribution < 1.29 is 28.4 Å². The number of hydrogen-bond donors (Lipinski definition) is 1. The summed E-state index contributed by atoms with van der Waals surface area (Å²) in [7, 11) is 4.67. The van der Waals surface area contributed by atoms with Gasteiger partial charge in [0.15, 0.2) is 17.3 Å². The van der Waals surface area contributed by atoms with Crippen molar-refractivity contribution >= 4 is 18.4 Å². The van der Waals surface area contributed by atoms with Crippen molar-refractivity contribution in [3.63, 3.8) is 0 Å². The molecule has 166 valence electrons. The van der Waals surface area contributed by atoms with E-state index in [1.165, 1.54) is 21.3 Å². The molecule has 0 spiro atoms. The SMILES string of the molecule is CCCCO[P@@](=O)(c1ccc(N(C)C)cc1)[C@@H](O)c1cc(OC)c(OC)c(OC)c1. The van der Waals surface area contributed by atoms with Crippen LogP contribution in [0.3, 0.4) is 0 Å². The standard InChI is InChI=1S/C22H32NO6P/c1-7-8-13-29-30(25,18-11-9-17(10-12-18)23(2)3)22(24)16-14-19(26-4)21(28-6)20(15-16)27-5/h9-12,14-15,22,24H,7-8,13H2,1-6H3/t22-,30+/m1/s1. The molecule has 2 rings (SSSR count). The van der Waals surface area contributed by atoms with Crippen LogP contribution < -0.4 is 24.4 Å². The Kier molecular flexibility index (Phi) is 8.59. The van der Waals surface area contributed by atoms with Crippen LogP contribution in [0.25, 0.3) is 0 Å². The molecule has 0 saturated heterocycles. The third kappa shape index (κ3) is 5.09. The maximum atomic E-state index is 14.0. The van der Waals surface area contributed by atoms with Crippen molar-refractivity contribution in [2.45, 2.75) is 25.6 Å². The highest BCUT2D eigenvalue weighted by Crippen LogP contribution is 2.59. The topological polar surface area (TPSA) is 77.5 Å². The molecule has 0 amide bonds. The number of rotatable bonds is 11. The summed E-state index contributed by atoms with van der Waals surface area (Å²) in [5.74, 6) is -0.260. The van der Waals surface area contributed by atoms with E-state index in [2.05, 4.69) is 0 Å². The van der Waals surface area contributed by atoms with Crippen molar-refractivity contribution in [2.24, 2.45) is 0 Å². The fourth-order valence-electron chi connectivity index (χ4n) is 3.04. The lowest BCUT2D eigenvalue weighted by Gasteiger charge is -2.26. The van der Waals surface area contributed by atoms with Gasteiger partial charge < -0.3 is 28.7 Å². The molecule has 1 N–H and O–H groups in total. The van der Waals surface area contributed by atoms with Gasteiger partial charge in [-0.2, -0.15) is 0 Å². The van der Waals surface area contributed by atoms with Crippen LogP contribution in [-0.4, -0.2) is 47.1 Å². The Morgan fingerprint density at radius 2 is 1.57 bits per heavy atom. The Morgan fingerprint density at radius 1 is 1.00 bits per heavy atom. The Labute approximate surface area is 179 Å². The van der Waals surface area contributed by atoms with E-state index in [-0.39, 0.29) is 6.61 Å². The van der Waals surface area contributed by atoms with Gasteiger partial charge in [-0.15, -0.1) is 0 Å². The zero-order chi connectivity index (χ0) is 22.3. The van der Waals surface area contributed by atoms with Crippen molar-refractivity contribution in [2.75, 3.05) is 46.9 Å². The van der Waals surface area contributed by atoms with Gasteiger partial charge in [-0.1, -0.05) is 13.3 Å². The number of aliphatic hydroxyl groups excluding tert-OH is 1. The Bertz CT molecular complexity index is 843. The van der Waals surface area contributed by atoms with Gasteiger partial charge in [-0.05, 0) is 48.4 Å². The lowest BCUT2D eigenvalue weighted by Crippen LogP contribution is -2.16. The molecule has 0 bridgehead atoms. The Balaban J connectivity index is 2.54. The second kappa shape index (κ2) is 10.7. The van der Waals surface area contributed by atoms with Crippen LogP contribution in [0, 0.1) is 0 Å². The number of hydrogen-bond acceptors (Lipinski definition) is 7. The third-order valence-corrected chi connectivity index (χ3v) is 7.34. The second-order valence-corrected chi connectivity index (χ2v) is 9.48. The molecular weight excluding hydrogens is 405 g/mol. The fourth-order valence-corrected chi connectivity index (χ4v) is 5.12. The number of benzene rings is 2. The molecular formula is C22H32NO6P. The van der Waals surface area contributed by atoms with Gasteiger partial charge in [-0.3, -0.25) is 4.57 Å². The molecule has 2 aromatic rings. The van der Waals surface area contributed by atoms with Crippen LogP contribution in [0.15, 0.2) is 36.4 Å². The number of ether oxygens (including phenoxy) is 3. The molecule has 0 saturated carbocycles. The summed E-state index contributed by atoms with van der Waals surface area (Å²) < 4.78 is 36.0. The molecule has 0 aromatic heterocycles. The molecule has 0 heterocycles. The quantitative estimate of drug-likeness (QED) is 0.417. The number of nitrogens with zero attached hydrogens (tertiary/aromatic N) is 1. The molecule has 0 radical (unpaired) electrons. The number of unbranched alkanes of at least 4 members (excludes halogenated alkanes) is 1. The highest BCUT2D eigenvalue weighted by atomic mass is 31.2. The summed E-state index contributed by atoms with van der Waals surface area (Å²) in [6, 6.07) is 10.4. The molecule has 2 aromatic carbocycles. The van der Waals surface area contributed by atoms with Gasteiger partial charge in [0.25, 0.3) is 7.37 Å². The van der Waals surface area contributed by atoms with Crippen LogP contribution in [0.5, 0.6) is 17.2 Å². The van der Waals surface area contributed by atoms with E-state index >= 15 is 0 Å². The lowest BCUT2D eigenvalue weighted by atomic mass is 10.2. The van der Waals surface area contributed by atoms with Gasteiger partial charge in [0.2, 0.25) is 5.75 Å². The first-order chi connectivity index (χ1) is 14.3. The van der Waals surface area contributed by atoms with Gasteiger partial charge >= 0.3 is 0 Å². The Morgan fingerprint density at radius 3 is 2.00 bits per heavy atom. The normalized spacial score (nSPS) is 14.0. The Hall–Kier alpha value is -2.21. The van der Waals surface area contributed by atoms with Gasteiger partial charge in [-0.25, -0.2) is 0 Å². The lowest BCUT2D eigenvalue weighted by molar-refractivity contribution is 0.211. The summed E-state index contributed by atoms with van der Waals surface area (Å²) in [5.41, 5.74) is 1.32. The van der Waals surface area contributed by atoms with Crippen molar-refractivity contribution in [3.05, 3.63) is 42.0 Å². The molecule has 0 aliphatic heterocycles. The predicted octanol–water partition coefficient (Wildman–Crippen LogP) is 4.19. The summed E-state index contributed by atoms with van der Waals surface area (Å²) in [6.45, 7) is 2.31. The van der Waals surface area contributed by atoms with Crippen molar-refractivity contribution in [3.8, 4) is 17.2 Å². The first-order valence-electron chi connectivity index (χ1n) is 9.82. The van der Waals surface area contributed by atoms with Crippen LogP contribution in [0.4, 0.5) is 5.69 Å². The van der Waals surface area contributed by atoms with E-state index in [9.17, 15) is 9.67 Å². The van der Waals surface area contributed by atoms with E-state index in [1.54, 1.807) is 24.3 Å². The molecule has 0 aliphatic carbocycles. The van der Waals surface area contributed by atoms with Crippen molar-refractivity contribution in [1.82, 2.24) is 0 Å². The largest absolute Gasteiger partial charge is 0.493 e. The van der Waals surface area contributed by atoms with E-state index in [1.807, 2.05) is 38.1 Å². The molecule has 7 nitrogen and oxygen atoms in total. The summed E-state index contributed by atoms with van der Waals surface area (Å²) in [5, 5.41) is 11.7. The molecule has 2 atom stereocenters. The van der Waals surface area contributed by atoms with Crippen LogP contribution in [0.1, 0.15) is 31.2 Å². The molecule has 30 heavy (non-hydrogen) atoms. The minimum Gasteiger partial charge on any atom is -0.493 e. The van der Waals surface area contributed by atoms with Crippen LogP contribution >= 0.6 is 7.37 Å². The molecule has 0 fully saturated rings. The van der Waals surface area contributed by atoms with E-state index in [0.717, 1.165) is 18.5 Å². The van der Waals surface area contributed by atoms with Crippen molar-refractivity contribution in [1.29, 1.82) is 0 Å². The van der Waals surface area contributed by atoms with E-state index < -0.39 is 13.2 Å². The smallest absolute Gasteiger partial charge is 0.264 e. The number of aliphatic hydroxyl groups is 1. The zero-order valence-corrected chi connectivity index (χ0v) is 19.4. The molecule has 0 unspecified atom stereocenters. The maximum Gasteiger partial charge on any atom is 0.264 e. The third-order valence-electron chi connectivity index (χ3n) is 4.81. The summed E-state index contributed by atoms with van der Waals surface area (Å²) in [4.78, 5) is 1.95. The molecule has 8 heteroatoms. The van der Waals surface area contributed by atoms with Crippen LogP contribution in [0.2, 0.25) is 0 Å². The fraction of sp³-hybridized carbons (Fsp3) is 0.455. The zero-order valence-electron chi connectivity index (χ0n) is 18.5. The highest BCUT2D eigenvalue weighted by Gasteiger charge is 2.37. The minimum absolute atomic E-state index is 0.282. The highest BCUT2D eigenvalue weighted by molar-refractivity contribution is 7.67. The average Bonchev–Trinajstić information content (AvgIpc) is 2.77. The maximum absolute atomic E-state index is 14.0. The first kappa shape index (κ1) is 24.1. The number of anilines is 1. The second-order valence-electron chi connectivity index (χ2n) is 7.03. The van der Waals surface area contributed by atoms with Gasteiger partial charge in [0, 0.05) is 25.1 Å². The van der Waals surface area contributed by atoms with E-state index in [4.69, 9.17) is 18.7 Å². The predicted molar refractivity (Wildman–Crippen MR) is 120 cm³/mol. The monoisotopic (exact) mass is 437 g/mol. The van der Waals surface area contributed by atoms with Gasteiger partial charge in [0.05, 0.1) is 27.9 Å². The minimum atomic E-state index is -3.66. The molecule has 0 aliphatic rings. The summed E-state index contributed by atoms with van der Waals surface area (Å²) in [6.07, 6.45) is 1.63. The van der Waals surface area contributed by atoms with Gasteiger partial charge in [0.1, 0.15) is 0 Å². The van der Waals surface area contributed by atoms with E-state index in [0.29, 0.717) is 28.1 Å². The van der Waals surface area contributed by atoms with Crippen LogP contribution in [-0.2, 0) is 9.09 Å². The number of methoxy groups -OCH3 is 3.